The van der Waals surface area contributed by atoms with Gasteiger partial charge in [-0.3, -0.25) is 0 Å². The molecule has 0 radical (unpaired) electrons. The molecule has 2 aromatic rings. The van der Waals surface area contributed by atoms with E-state index in [2.05, 4.69) is 67.5 Å². The van der Waals surface area contributed by atoms with E-state index >= 15 is 0 Å². The van der Waals surface area contributed by atoms with E-state index in [1.165, 1.54) is 5.56 Å². The first-order chi connectivity index (χ1) is 13.2. The van der Waals surface area contributed by atoms with E-state index in [4.69, 9.17) is 4.52 Å². The summed E-state index contributed by atoms with van der Waals surface area (Å²) in [6.45, 7) is 14.2. The van der Waals surface area contributed by atoms with Crippen molar-refractivity contribution in [3.8, 4) is 0 Å². The average molecular weight is 387 g/mol. The van der Waals surface area contributed by atoms with Gasteiger partial charge in [-0.25, -0.2) is 4.99 Å². The molecule has 1 aromatic heterocycles. The third-order valence-corrected chi connectivity index (χ3v) is 4.53. The number of nitrogens with zero attached hydrogens (tertiary/aromatic N) is 2. The molecule has 6 heteroatoms. The van der Waals surface area contributed by atoms with Crippen LogP contribution < -0.4 is 10.6 Å². The molecule has 1 unspecified atom stereocenters. The predicted octanol–water partition coefficient (Wildman–Crippen LogP) is 3.88. The number of guanidine groups is 1. The van der Waals surface area contributed by atoms with Gasteiger partial charge in [0.2, 0.25) is 0 Å². The highest BCUT2D eigenvalue weighted by Gasteiger charge is 2.15. The lowest BCUT2D eigenvalue weighted by Crippen LogP contribution is -2.39. The Hall–Kier alpha value is -2.34. The van der Waals surface area contributed by atoms with Gasteiger partial charge in [-0.05, 0) is 29.4 Å². The van der Waals surface area contributed by atoms with Crippen molar-refractivity contribution in [3.05, 3.63) is 52.9 Å². The van der Waals surface area contributed by atoms with Gasteiger partial charge in [0.15, 0.2) is 11.7 Å². The van der Waals surface area contributed by atoms with E-state index in [0.717, 1.165) is 23.6 Å². The highest BCUT2D eigenvalue weighted by atomic mass is 16.5. The summed E-state index contributed by atoms with van der Waals surface area (Å²) in [6.07, 6.45) is -0.615. The van der Waals surface area contributed by atoms with Crippen molar-refractivity contribution < 1.29 is 9.63 Å². The summed E-state index contributed by atoms with van der Waals surface area (Å²) in [5.74, 6) is 1.68. The second-order valence-electron chi connectivity index (χ2n) is 8.34. The molecule has 0 spiro atoms. The van der Waals surface area contributed by atoms with Gasteiger partial charge >= 0.3 is 0 Å². The number of rotatable bonds is 7. The van der Waals surface area contributed by atoms with Crippen molar-refractivity contribution in [3.63, 3.8) is 0 Å². The van der Waals surface area contributed by atoms with Gasteiger partial charge in [0.25, 0.3) is 0 Å². The van der Waals surface area contributed by atoms with Crippen molar-refractivity contribution in [2.75, 3.05) is 13.1 Å². The summed E-state index contributed by atoms with van der Waals surface area (Å²) in [7, 11) is 0. The molecule has 1 aromatic carbocycles. The number of hydrogen-bond donors (Lipinski definition) is 3. The van der Waals surface area contributed by atoms with E-state index < -0.39 is 6.10 Å². The number of aliphatic hydroxyl groups excluding tert-OH is 1. The molecule has 0 bridgehead atoms. The first kappa shape index (κ1) is 22.0. The van der Waals surface area contributed by atoms with Gasteiger partial charge in [0, 0.05) is 19.2 Å². The molecule has 1 heterocycles. The maximum atomic E-state index is 10.5. The minimum atomic E-state index is -0.615. The normalized spacial score (nSPS) is 13.6. The van der Waals surface area contributed by atoms with Gasteiger partial charge in [-0.2, -0.15) is 0 Å². The van der Waals surface area contributed by atoms with Crippen LogP contribution in [0.15, 0.2) is 39.8 Å². The van der Waals surface area contributed by atoms with Crippen molar-refractivity contribution in [1.82, 2.24) is 15.8 Å². The Balaban J connectivity index is 1.95. The summed E-state index contributed by atoms with van der Waals surface area (Å²) >= 11 is 0. The number of nitrogens with one attached hydrogen (secondary N) is 2. The van der Waals surface area contributed by atoms with Crippen molar-refractivity contribution >= 4 is 5.96 Å². The van der Waals surface area contributed by atoms with Crippen LogP contribution in [0.25, 0.3) is 0 Å². The highest BCUT2D eigenvalue weighted by Crippen LogP contribution is 2.23. The van der Waals surface area contributed by atoms with Crippen LogP contribution >= 0.6 is 0 Å². The monoisotopic (exact) mass is 386 g/mol. The quantitative estimate of drug-likeness (QED) is 0.497. The molecule has 3 N–H and O–H groups in total. The number of aromatic nitrogens is 1. The minimum Gasteiger partial charge on any atom is -0.387 e. The SMILES string of the molecule is CCNC(=NCc1cc(C(C)C)no1)NCC(O)c1ccc(C(C)(C)C)cc1. The van der Waals surface area contributed by atoms with Crippen LogP contribution in [-0.2, 0) is 12.0 Å². The lowest BCUT2D eigenvalue weighted by molar-refractivity contribution is 0.181. The number of aliphatic hydroxyl groups is 1. The molecule has 0 amide bonds. The fourth-order valence-corrected chi connectivity index (χ4v) is 2.69. The van der Waals surface area contributed by atoms with Crippen LogP contribution in [0.4, 0.5) is 0 Å². The fraction of sp³-hybridized carbons (Fsp3) is 0.545. The fourth-order valence-electron chi connectivity index (χ4n) is 2.69. The van der Waals surface area contributed by atoms with Crippen molar-refractivity contribution in [1.29, 1.82) is 0 Å². The summed E-state index contributed by atoms with van der Waals surface area (Å²) < 4.78 is 5.33. The zero-order chi connectivity index (χ0) is 20.7. The Morgan fingerprint density at radius 2 is 1.86 bits per heavy atom. The first-order valence-electron chi connectivity index (χ1n) is 9.97. The second-order valence-corrected chi connectivity index (χ2v) is 8.34. The Bertz CT molecular complexity index is 758. The zero-order valence-corrected chi connectivity index (χ0v) is 17.9. The summed E-state index contributed by atoms with van der Waals surface area (Å²) in [6, 6.07) is 10.1. The van der Waals surface area contributed by atoms with Crippen LogP contribution in [0, 0.1) is 0 Å². The number of hydrogen-bond acceptors (Lipinski definition) is 4. The molecular formula is C22H34N4O2. The molecule has 0 aliphatic rings. The Morgan fingerprint density at radius 3 is 2.39 bits per heavy atom. The van der Waals surface area contributed by atoms with E-state index in [9.17, 15) is 5.11 Å². The van der Waals surface area contributed by atoms with Gasteiger partial charge in [-0.1, -0.05) is 64.0 Å². The van der Waals surface area contributed by atoms with Gasteiger partial charge in [-0.15, -0.1) is 0 Å². The topological polar surface area (TPSA) is 82.7 Å². The van der Waals surface area contributed by atoms with Crippen LogP contribution in [-0.4, -0.2) is 29.3 Å². The van der Waals surface area contributed by atoms with E-state index in [1.54, 1.807) is 0 Å². The average Bonchev–Trinajstić information content (AvgIpc) is 3.12. The molecule has 154 valence electrons. The first-order valence-corrected chi connectivity index (χ1v) is 9.97. The van der Waals surface area contributed by atoms with Crippen molar-refractivity contribution in [2.45, 2.75) is 65.5 Å². The second kappa shape index (κ2) is 9.73. The number of benzene rings is 1. The molecule has 28 heavy (non-hydrogen) atoms. The highest BCUT2D eigenvalue weighted by molar-refractivity contribution is 5.79. The zero-order valence-electron chi connectivity index (χ0n) is 17.9. The van der Waals surface area contributed by atoms with E-state index in [1.807, 2.05) is 25.1 Å². The summed E-state index contributed by atoms with van der Waals surface area (Å²) in [5.41, 5.74) is 3.16. The number of aliphatic imine (C=N–C) groups is 1. The Labute approximate surface area is 168 Å². The Morgan fingerprint density at radius 1 is 1.18 bits per heavy atom. The molecule has 0 fully saturated rings. The third-order valence-electron chi connectivity index (χ3n) is 4.53. The van der Waals surface area contributed by atoms with E-state index in [0.29, 0.717) is 25.0 Å². The van der Waals surface area contributed by atoms with Crippen molar-refractivity contribution in [2.24, 2.45) is 4.99 Å². The van der Waals surface area contributed by atoms with Gasteiger partial charge in [0.05, 0.1) is 11.8 Å². The van der Waals surface area contributed by atoms with E-state index in [-0.39, 0.29) is 5.41 Å². The van der Waals surface area contributed by atoms with Crippen LogP contribution in [0.1, 0.15) is 76.1 Å². The molecule has 2 rings (SSSR count). The van der Waals surface area contributed by atoms with Crippen LogP contribution in [0.5, 0.6) is 0 Å². The van der Waals surface area contributed by atoms with Gasteiger partial charge in [0.1, 0.15) is 6.54 Å². The maximum Gasteiger partial charge on any atom is 0.191 e. The maximum absolute atomic E-state index is 10.5. The molecule has 0 aliphatic carbocycles. The molecule has 0 saturated heterocycles. The molecule has 6 nitrogen and oxygen atoms in total. The molecule has 0 saturated carbocycles. The third kappa shape index (κ3) is 6.37. The Kier molecular flexibility index (Phi) is 7.63. The molecular weight excluding hydrogens is 352 g/mol. The molecule has 0 aliphatic heterocycles. The molecule has 1 atom stereocenters. The largest absolute Gasteiger partial charge is 0.387 e. The lowest BCUT2D eigenvalue weighted by Gasteiger charge is -2.20. The minimum absolute atomic E-state index is 0.0999. The van der Waals surface area contributed by atoms with Gasteiger partial charge < -0.3 is 20.3 Å². The van der Waals surface area contributed by atoms with Crippen LogP contribution in [0.3, 0.4) is 0 Å². The lowest BCUT2D eigenvalue weighted by atomic mass is 9.86. The summed E-state index contributed by atoms with van der Waals surface area (Å²) in [4.78, 5) is 4.52. The predicted molar refractivity (Wildman–Crippen MR) is 114 cm³/mol. The van der Waals surface area contributed by atoms with Crippen LogP contribution in [0.2, 0.25) is 0 Å². The smallest absolute Gasteiger partial charge is 0.191 e. The summed E-state index contributed by atoms with van der Waals surface area (Å²) in [5, 5.41) is 20.9. The standard InChI is InChI=1S/C22H34N4O2/c1-7-23-21(24-13-18-12-19(15(2)3)26-28-18)25-14-20(27)16-8-10-17(11-9-16)22(4,5)6/h8-12,15,20,27H,7,13-14H2,1-6H3,(H2,23,24,25).